The fraction of sp³-hybridized carbons (Fsp3) is 0.133. The molecular weight excluding hydrogens is 357 g/mol. The van der Waals surface area contributed by atoms with E-state index in [1.807, 2.05) is 0 Å². The second-order valence-corrected chi connectivity index (χ2v) is 5.96. The van der Waals surface area contributed by atoms with Crippen molar-refractivity contribution in [1.29, 1.82) is 5.41 Å². The maximum Gasteiger partial charge on any atom is 0.264 e. The van der Waals surface area contributed by atoms with Crippen LogP contribution in [0.1, 0.15) is 15.9 Å². The average molecular weight is 370 g/mol. The van der Waals surface area contributed by atoms with Crippen molar-refractivity contribution >= 4 is 51.7 Å². The van der Waals surface area contributed by atoms with Crippen molar-refractivity contribution in [3.8, 4) is 0 Å². The Morgan fingerprint density at radius 3 is 2.57 bits per heavy atom. The number of pyridine rings is 1. The lowest BCUT2D eigenvalue weighted by Gasteiger charge is -2.25. The molecule has 0 saturated carbocycles. The zero-order valence-electron chi connectivity index (χ0n) is 12.1. The number of anilines is 1. The third-order valence-electron chi connectivity index (χ3n) is 3.01. The molecule has 8 heteroatoms. The summed E-state index contributed by atoms with van der Waals surface area (Å²) in [5.74, 6) is -0.439. The van der Waals surface area contributed by atoms with Crippen LogP contribution in [0.2, 0.25) is 10.3 Å². The van der Waals surface area contributed by atoms with Gasteiger partial charge in [-0.15, -0.1) is 0 Å². The minimum atomic E-state index is -0.439. The minimum Gasteiger partial charge on any atom is -0.392 e. The summed E-state index contributed by atoms with van der Waals surface area (Å²) in [7, 11) is 0. The molecule has 1 aromatic carbocycles. The second-order valence-electron chi connectivity index (χ2n) is 4.42. The highest BCUT2D eigenvalue weighted by molar-refractivity contribution is 8.13. The number of hydrogen-bond donors (Lipinski definition) is 2. The molecule has 0 spiro atoms. The van der Waals surface area contributed by atoms with Gasteiger partial charge in [-0.05, 0) is 24.5 Å². The fourth-order valence-electron chi connectivity index (χ4n) is 1.98. The Morgan fingerprint density at radius 1 is 1.35 bits per heavy atom. The summed E-state index contributed by atoms with van der Waals surface area (Å²) in [6.45, 7) is -0.391. The van der Waals surface area contributed by atoms with Gasteiger partial charge < -0.3 is 5.11 Å². The summed E-state index contributed by atoms with van der Waals surface area (Å²) in [5.41, 5.74) is 0.867. The largest absolute Gasteiger partial charge is 0.392 e. The Bertz CT molecular complexity index is 741. The molecule has 0 aliphatic carbocycles. The highest BCUT2D eigenvalue weighted by Gasteiger charge is 2.27. The standard InChI is InChI=1S/C15H13Cl2N3O2S/c1-23-15(18)20(14(22)9-5-3-2-4-6-9)12-10(8-21)7-11(16)19-13(12)17/h2-7,18,21H,8H2,1H3. The molecule has 0 radical (unpaired) electrons. The monoisotopic (exact) mass is 369 g/mol. The van der Waals surface area contributed by atoms with Gasteiger partial charge in [0.2, 0.25) is 0 Å². The van der Waals surface area contributed by atoms with Crippen LogP contribution in [0.15, 0.2) is 36.4 Å². The number of aliphatic hydroxyl groups excluding tert-OH is 1. The van der Waals surface area contributed by atoms with E-state index in [2.05, 4.69) is 4.98 Å². The van der Waals surface area contributed by atoms with E-state index in [4.69, 9.17) is 28.6 Å². The van der Waals surface area contributed by atoms with Gasteiger partial charge in [0.25, 0.3) is 5.91 Å². The molecule has 0 unspecified atom stereocenters. The Hall–Kier alpha value is -1.60. The lowest BCUT2D eigenvalue weighted by atomic mass is 10.1. The van der Waals surface area contributed by atoms with Crippen LogP contribution in [0.25, 0.3) is 0 Å². The Morgan fingerprint density at radius 2 is 2.00 bits per heavy atom. The van der Waals surface area contributed by atoms with Gasteiger partial charge in [-0.2, -0.15) is 0 Å². The molecule has 0 atom stereocenters. The summed E-state index contributed by atoms with van der Waals surface area (Å²) in [5, 5.41) is 17.7. The number of nitrogens with zero attached hydrogens (tertiary/aromatic N) is 2. The van der Waals surface area contributed by atoms with Crippen LogP contribution in [0.5, 0.6) is 0 Å². The van der Waals surface area contributed by atoms with Crippen LogP contribution in [-0.2, 0) is 6.61 Å². The number of aromatic nitrogens is 1. The molecule has 1 amide bonds. The highest BCUT2D eigenvalue weighted by atomic mass is 35.5. The van der Waals surface area contributed by atoms with Crippen molar-refractivity contribution in [3.63, 3.8) is 0 Å². The molecule has 23 heavy (non-hydrogen) atoms. The number of benzene rings is 1. The number of thioether (sulfide) groups is 1. The van der Waals surface area contributed by atoms with Gasteiger partial charge in [-0.25, -0.2) is 4.98 Å². The molecule has 120 valence electrons. The van der Waals surface area contributed by atoms with Gasteiger partial charge in [0.15, 0.2) is 10.3 Å². The van der Waals surface area contributed by atoms with Gasteiger partial charge in [0.05, 0.1) is 12.3 Å². The quantitative estimate of drug-likeness (QED) is 0.489. The summed E-state index contributed by atoms with van der Waals surface area (Å²) in [4.78, 5) is 17.9. The molecule has 2 N–H and O–H groups in total. The van der Waals surface area contributed by atoms with Crippen LogP contribution in [0.3, 0.4) is 0 Å². The Balaban J connectivity index is 2.61. The van der Waals surface area contributed by atoms with E-state index < -0.39 is 12.5 Å². The van der Waals surface area contributed by atoms with Crippen LogP contribution < -0.4 is 4.90 Å². The number of carbonyl (C=O) groups is 1. The van der Waals surface area contributed by atoms with Crippen molar-refractivity contribution in [2.45, 2.75) is 6.61 Å². The molecule has 0 fully saturated rings. The van der Waals surface area contributed by atoms with E-state index in [1.165, 1.54) is 6.07 Å². The predicted molar refractivity (Wildman–Crippen MR) is 94.7 cm³/mol. The van der Waals surface area contributed by atoms with Crippen LogP contribution in [0, 0.1) is 5.41 Å². The maximum absolute atomic E-state index is 12.8. The molecule has 0 aliphatic rings. The normalized spacial score (nSPS) is 10.4. The van der Waals surface area contributed by atoms with E-state index in [0.717, 1.165) is 16.7 Å². The first-order valence-electron chi connectivity index (χ1n) is 6.47. The molecule has 0 aliphatic heterocycles. The summed E-state index contributed by atoms with van der Waals surface area (Å²) >= 11 is 13.1. The number of amides is 1. The van der Waals surface area contributed by atoms with Crippen molar-refractivity contribution in [2.75, 3.05) is 11.2 Å². The van der Waals surface area contributed by atoms with Gasteiger partial charge >= 0.3 is 0 Å². The number of rotatable bonds is 3. The van der Waals surface area contributed by atoms with Crippen molar-refractivity contribution in [1.82, 2.24) is 4.98 Å². The van der Waals surface area contributed by atoms with Gasteiger partial charge in [0.1, 0.15) is 5.15 Å². The molecule has 2 rings (SSSR count). The number of amidine groups is 1. The third-order valence-corrected chi connectivity index (χ3v) is 4.04. The Labute approximate surface area is 147 Å². The molecule has 5 nitrogen and oxygen atoms in total. The van der Waals surface area contributed by atoms with E-state index in [1.54, 1.807) is 36.6 Å². The van der Waals surface area contributed by atoms with E-state index in [0.29, 0.717) is 11.1 Å². The average Bonchev–Trinajstić information content (AvgIpc) is 2.56. The number of carbonyl (C=O) groups excluding carboxylic acids is 1. The summed E-state index contributed by atoms with van der Waals surface area (Å²) in [6, 6.07) is 9.93. The van der Waals surface area contributed by atoms with Gasteiger partial charge in [0, 0.05) is 11.1 Å². The smallest absolute Gasteiger partial charge is 0.264 e. The van der Waals surface area contributed by atoms with Gasteiger partial charge in [-0.3, -0.25) is 15.1 Å². The first-order valence-corrected chi connectivity index (χ1v) is 8.45. The lowest BCUT2D eigenvalue weighted by Crippen LogP contribution is -2.36. The zero-order valence-corrected chi connectivity index (χ0v) is 14.4. The molecule has 1 heterocycles. The van der Waals surface area contributed by atoms with Crippen LogP contribution in [0.4, 0.5) is 5.69 Å². The maximum atomic E-state index is 12.8. The molecule has 2 aromatic rings. The first-order chi connectivity index (χ1) is 11.0. The first kappa shape index (κ1) is 17.7. The summed E-state index contributed by atoms with van der Waals surface area (Å²) in [6.07, 6.45) is 1.67. The van der Waals surface area contributed by atoms with Crippen molar-refractivity contribution < 1.29 is 9.90 Å². The van der Waals surface area contributed by atoms with Gasteiger partial charge in [-0.1, -0.05) is 53.2 Å². The predicted octanol–water partition coefficient (Wildman–Crippen LogP) is 3.83. The van der Waals surface area contributed by atoms with E-state index in [9.17, 15) is 9.90 Å². The van der Waals surface area contributed by atoms with E-state index >= 15 is 0 Å². The molecule has 0 saturated heterocycles. The topological polar surface area (TPSA) is 77.3 Å². The number of aliphatic hydroxyl groups is 1. The van der Waals surface area contributed by atoms with Crippen molar-refractivity contribution in [2.24, 2.45) is 0 Å². The zero-order chi connectivity index (χ0) is 17.0. The number of hydrogen-bond acceptors (Lipinski definition) is 5. The van der Waals surface area contributed by atoms with Crippen LogP contribution >= 0.6 is 35.0 Å². The SMILES string of the molecule is CSC(=N)N(C(=O)c1ccccc1)c1c(CO)cc(Cl)nc1Cl. The van der Waals surface area contributed by atoms with Crippen LogP contribution in [-0.4, -0.2) is 27.4 Å². The second kappa shape index (κ2) is 7.79. The highest BCUT2D eigenvalue weighted by Crippen LogP contribution is 2.33. The third kappa shape index (κ3) is 3.84. The summed E-state index contributed by atoms with van der Waals surface area (Å²) < 4.78 is 0. The number of nitrogens with one attached hydrogen (secondary N) is 1. The lowest BCUT2D eigenvalue weighted by molar-refractivity contribution is 0.100. The minimum absolute atomic E-state index is 0.0421. The molecule has 1 aromatic heterocycles. The molecule has 0 bridgehead atoms. The molecular formula is C15H13Cl2N3O2S. The fourth-order valence-corrected chi connectivity index (χ4v) is 2.89. The van der Waals surface area contributed by atoms with E-state index in [-0.39, 0.29) is 21.2 Å². The number of halogens is 2. The van der Waals surface area contributed by atoms with Crippen molar-refractivity contribution in [3.05, 3.63) is 57.8 Å². The Kier molecular flexibility index (Phi) is 6.01.